The summed E-state index contributed by atoms with van der Waals surface area (Å²) in [7, 11) is 0. The minimum atomic E-state index is -0.0379. The van der Waals surface area contributed by atoms with E-state index in [9.17, 15) is 0 Å². The van der Waals surface area contributed by atoms with E-state index in [1.807, 2.05) is 0 Å². The topological polar surface area (TPSA) is 18.5 Å². The molecule has 2 atom stereocenters. The molecule has 0 aromatic heterocycles. The molecule has 1 fully saturated rings. The average molecular weight is 199 g/mol. The van der Waals surface area contributed by atoms with Gasteiger partial charge in [0.25, 0.3) is 0 Å². The highest BCUT2D eigenvalue weighted by Crippen LogP contribution is 2.26. The van der Waals surface area contributed by atoms with Crippen LogP contribution in [0.1, 0.15) is 52.4 Å². The minimum absolute atomic E-state index is 0.0280. The maximum atomic E-state index is 6.01. The molecule has 0 bridgehead atoms. The second kappa shape index (κ2) is 5.72. The first-order valence-corrected chi connectivity index (χ1v) is 5.79. The van der Waals surface area contributed by atoms with Crippen LogP contribution in [0.2, 0.25) is 0 Å². The van der Waals surface area contributed by atoms with Gasteiger partial charge >= 0.3 is 0 Å². The Morgan fingerprint density at radius 1 is 1.50 bits per heavy atom. The van der Waals surface area contributed by atoms with E-state index in [2.05, 4.69) is 20.8 Å². The second-order valence-corrected chi connectivity index (χ2v) is 4.32. The zero-order valence-corrected chi connectivity index (χ0v) is 9.55. The molecule has 0 aromatic rings. The molecule has 14 heavy (non-hydrogen) atoms. The van der Waals surface area contributed by atoms with Crippen LogP contribution in [0.3, 0.4) is 0 Å². The fourth-order valence-corrected chi connectivity index (χ4v) is 1.81. The molecule has 0 aliphatic carbocycles. The van der Waals surface area contributed by atoms with E-state index < -0.39 is 0 Å². The molecule has 1 aliphatic heterocycles. The van der Waals surface area contributed by atoms with E-state index in [4.69, 9.17) is 9.47 Å². The Hall–Kier alpha value is -0.0800. The minimum Gasteiger partial charge on any atom is -0.353 e. The van der Waals surface area contributed by atoms with Gasteiger partial charge in [0, 0.05) is 6.61 Å². The van der Waals surface area contributed by atoms with Crippen molar-refractivity contribution in [1.82, 2.24) is 0 Å². The van der Waals surface area contributed by atoms with Gasteiger partial charge in [-0.15, -0.1) is 0 Å². The fourth-order valence-electron chi connectivity index (χ4n) is 1.81. The van der Waals surface area contributed by atoms with Gasteiger partial charge in [0.1, 0.15) is 0 Å². The van der Waals surface area contributed by atoms with Crippen molar-refractivity contribution in [3.63, 3.8) is 0 Å². The first-order chi connectivity index (χ1) is 6.70. The average Bonchev–Trinajstić information content (AvgIpc) is 2.20. The van der Waals surface area contributed by atoms with E-state index in [-0.39, 0.29) is 11.9 Å². The van der Waals surface area contributed by atoms with Crippen molar-refractivity contribution in [3.05, 3.63) is 6.92 Å². The number of hydrogen-bond donors (Lipinski definition) is 0. The number of ether oxygens (including phenoxy) is 2. The lowest BCUT2D eigenvalue weighted by Crippen LogP contribution is -2.36. The molecule has 0 spiro atoms. The number of rotatable bonds is 5. The van der Waals surface area contributed by atoms with Gasteiger partial charge in [0.15, 0.2) is 6.29 Å². The lowest BCUT2D eigenvalue weighted by atomic mass is 9.97. The third kappa shape index (κ3) is 3.58. The summed E-state index contributed by atoms with van der Waals surface area (Å²) in [5.41, 5.74) is -0.0379. The molecule has 83 valence electrons. The summed E-state index contributed by atoms with van der Waals surface area (Å²) < 4.78 is 11.6. The SMILES string of the molecule is [CH2]CCC(C)(CC)OC1CCCCO1. The van der Waals surface area contributed by atoms with Crippen LogP contribution in [0, 0.1) is 6.92 Å². The normalized spacial score (nSPS) is 27.2. The van der Waals surface area contributed by atoms with Crippen molar-refractivity contribution < 1.29 is 9.47 Å². The Bertz CT molecular complexity index is 152. The Balaban J connectivity index is 2.37. The van der Waals surface area contributed by atoms with E-state index >= 15 is 0 Å². The van der Waals surface area contributed by atoms with Crippen molar-refractivity contribution in [2.24, 2.45) is 0 Å². The highest BCUT2D eigenvalue weighted by atomic mass is 16.7. The maximum absolute atomic E-state index is 6.01. The smallest absolute Gasteiger partial charge is 0.158 e. The highest BCUT2D eigenvalue weighted by molar-refractivity contribution is 4.75. The molecule has 1 saturated heterocycles. The van der Waals surface area contributed by atoms with Crippen LogP contribution < -0.4 is 0 Å². The third-order valence-corrected chi connectivity index (χ3v) is 3.01. The first-order valence-electron chi connectivity index (χ1n) is 5.79. The van der Waals surface area contributed by atoms with Crippen LogP contribution in [0.5, 0.6) is 0 Å². The van der Waals surface area contributed by atoms with E-state index in [1.165, 1.54) is 12.8 Å². The van der Waals surface area contributed by atoms with Crippen LogP contribution in [0.4, 0.5) is 0 Å². The Kier molecular flexibility index (Phi) is 4.90. The van der Waals surface area contributed by atoms with Crippen molar-refractivity contribution in [1.29, 1.82) is 0 Å². The van der Waals surface area contributed by atoms with E-state index in [1.54, 1.807) is 0 Å². The third-order valence-electron chi connectivity index (χ3n) is 3.01. The maximum Gasteiger partial charge on any atom is 0.158 e. The van der Waals surface area contributed by atoms with Gasteiger partial charge < -0.3 is 9.47 Å². The fraction of sp³-hybridized carbons (Fsp3) is 0.917. The predicted molar refractivity (Wildman–Crippen MR) is 58.0 cm³/mol. The molecule has 1 heterocycles. The van der Waals surface area contributed by atoms with Gasteiger partial charge in [-0.1, -0.05) is 20.3 Å². The first kappa shape index (κ1) is 12.0. The van der Waals surface area contributed by atoms with Gasteiger partial charge in [-0.05, 0) is 39.0 Å². The summed E-state index contributed by atoms with van der Waals surface area (Å²) in [5.74, 6) is 0. The number of hydrogen-bond acceptors (Lipinski definition) is 2. The Morgan fingerprint density at radius 3 is 2.79 bits per heavy atom. The zero-order chi connectivity index (χ0) is 10.4. The van der Waals surface area contributed by atoms with Crippen LogP contribution in [0.15, 0.2) is 0 Å². The summed E-state index contributed by atoms with van der Waals surface area (Å²) >= 11 is 0. The molecule has 2 heteroatoms. The molecule has 1 aliphatic rings. The van der Waals surface area contributed by atoms with Gasteiger partial charge in [-0.3, -0.25) is 0 Å². The molecule has 2 unspecified atom stereocenters. The summed E-state index contributed by atoms with van der Waals surface area (Å²) in [6, 6.07) is 0. The van der Waals surface area contributed by atoms with Crippen LogP contribution in [0.25, 0.3) is 0 Å². The van der Waals surface area contributed by atoms with Crippen LogP contribution >= 0.6 is 0 Å². The van der Waals surface area contributed by atoms with Crippen molar-refractivity contribution in [2.45, 2.75) is 64.3 Å². The van der Waals surface area contributed by atoms with Crippen molar-refractivity contribution >= 4 is 0 Å². The van der Waals surface area contributed by atoms with Crippen LogP contribution in [-0.2, 0) is 9.47 Å². The monoisotopic (exact) mass is 199 g/mol. The van der Waals surface area contributed by atoms with Gasteiger partial charge in [-0.25, -0.2) is 0 Å². The van der Waals surface area contributed by atoms with Crippen molar-refractivity contribution in [2.75, 3.05) is 6.61 Å². The summed E-state index contributed by atoms with van der Waals surface area (Å²) in [6.45, 7) is 9.07. The van der Waals surface area contributed by atoms with E-state index in [0.29, 0.717) is 0 Å². The molecule has 0 N–H and O–H groups in total. The summed E-state index contributed by atoms with van der Waals surface area (Å²) in [4.78, 5) is 0. The molecular weight excluding hydrogens is 176 g/mol. The standard InChI is InChI=1S/C12H23O2/c1-4-9-12(3,5-2)14-11-8-6-7-10-13-11/h11H,1,4-10H2,2-3H3. The highest BCUT2D eigenvalue weighted by Gasteiger charge is 2.27. The van der Waals surface area contributed by atoms with Crippen LogP contribution in [-0.4, -0.2) is 18.5 Å². The Labute approximate surface area is 88.0 Å². The predicted octanol–water partition coefficient (Wildman–Crippen LogP) is 3.31. The summed E-state index contributed by atoms with van der Waals surface area (Å²) in [5, 5.41) is 0. The van der Waals surface area contributed by atoms with E-state index in [0.717, 1.165) is 32.3 Å². The molecular formula is C12H23O2. The van der Waals surface area contributed by atoms with Crippen molar-refractivity contribution in [3.8, 4) is 0 Å². The second-order valence-electron chi connectivity index (χ2n) is 4.32. The lowest BCUT2D eigenvalue weighted by Gasteiger charge is -2.34. The molecule has 1 rings (SSSR count). The largest absolute Gasteiger partial charge is 0.353 e. The zero-order valence-electron chi connectivity index (χ0n) is 9.55. The molecule has 0 aromatic carbocycles. The van der Waals surface area contributed by atoms with Gasteiger partial charge in [0.2, 0.25) is 0 Å². The molecule has 0 saturated carbocycles. The lowest BCUT2D eigenvalue weighted by molar-refractivity contribution is -0.222. The Morgan fingerprint density at radius 2 is 2.29 bits per heavy atom. The molecule has 2 nitrogen and oxygen atoms in total. The van der Waals surface area contributed by atoms with Gasteiger partial charge in [-0.2, -0.15) is 0 Å². The molecule has 1 radical (unpaired) electrons. The molecule has 0 amide bonds. The summed E-state index contributed by atoms with van der Waals surface area (Å²) in [6.07, 6.45) is 6.46. The van der Waals surface area contributed by atoms with Gasteiger partial charge in [0.05, 0.1) is 5.60 Å². The quantitative estimate of drug-likeness (QED) is 0.676.